The Bertz CT molecular complexity index is 372. The van der Waals surface area contributed by atoms with Crippen molar-refractivity contribution in [1.82, 2.24) is 14.8 Å². The minimum absolute atomic E-state index is 0.0709. The molecule has 94 valence electrons. The smallest absolute Gasteiger partial charge is 0.140 e. The van der Waals surface area contributed by atoms with Gasteiger partial charge in [-0.1, -0.05) is 19.3 Å². The van der Waals surface area contributed by atoms with Gasteiger partial charge in [0.05, 0.1) is 19.1 Å². The SMILES string of the molecule is NC1COCC1c1nncn1C1CCCCC1. The highest BCUT2D eigenvalue weighted by Crippen LogP contribution is 2.32. The van der Waals surface area contributed by atoms with Crippen molar-refractivity contribution in [3.63, 3.8) is 0 Å². The van der Waals surface area contributed by atoms with E-state index in [1.807, 2.05) is 6.33 Å². The van der Waals surface area contributed by atoms with E-state index in [9.17, 15) is 0 Å². The van der Waals surface area contributed by atoms with Crippen molar-refractivity contribution in [3.05, 3.63) is 12.2 Å². The Kier molecular flexibility index (Phi) is 3.11. The lowest BCUT2D eigenvalue weighted by atomic mass is 9.94. The predicted molar refractivity (Wildman–Crippen MR) is 63.7 cm³/mol. The van der Waals surface area contributed by atoms with Gasteiger partial charge < -0.3 is 15.0 Å². The number of ether oxygens (including phenoxy) is 1. The molecule has 1 saturated carbocycles. The molecule has 3 rings (SSSR count). The molecule has 1 aliphatic carbocycles. The lowest BCUT2D eigenvalue weighted by molar-refractivity contribution is 0.189. The van der Waals surface area contributed by atoms with E-state index < -0.39 is 0 Å². The highest BCUT2D eigenvalue weighted by Gasteiger charge is 2.32. The quantitative estimate of drug-likeness (QED) is 0.838. The zero-order valence-corrected chi connectivity index (χ0v) is 10.1. The third kappa shape index (κ3) is 2.09. The zero-order chi connectivity index (χ0) is 11.7. The van der Waals surface area contributed by atoms with Gasteiger partial charge >= 0.3 is 0 Å². The molecule has 2 unspecified atom stereocenters. The van der Waals surface area contributed by atoms with Gasteiger partial charge in [0.15, 0.2) is 0 Å². The first-order valence-electron chi connectivity index (χ1n) is 6.59. The van der Waals surface area contributed by atoms with Crippen LogP contribution in [0, 0.1) is 0 Å². The Hall–Kier alpha value is -0.940. The topological polar surface area (TPSA) is 66.0 Å². The van der Waals surface area contributed by atoms with Crippen LogP contribution in [0.1, 0.15) is 49.9 Å². The summed E-state index contributed by atoms with van der Waals surface area (Å²) in [5.41, 5.74) is 6.06. The summed E-state index contributed by atoms with van der Waals surface area (Å²) >= 11 is 0. The Morgan fingerprint density at radius 1 is 1.24 bits per heavy atom. The van der Waals surface area contributed by atoms with E-state index in [2.05, 4.69) is 14.8 Å². The van der Waals surface area contributed by atoms with Crippen molar-refractivity contribution >= 4 is 0 Å². The van der Waals surface area contributed by atoms with Crippen LogP contribution < -0.4 is 5.73 Å². The van der Waals surface area contributed by atoms with Crippen molar-refractivity contribution in [2.45, 2.75) is 50.1 Å². The van der Waals surface area contributed by atoms with Gasteiger partial charge in [0.25, 0.3) is 0 Å². The second-order valence-corrected chi connectivity index (χ2v) is 5.20. The first-order chi connectivity index (χ1) is 8.36. The van der Waals surface area contributed by atoms with Crippen molar-refractivity contribution in [3.8, 4) is 0 Å². The monoisotopic (exact) mass is 236 g/mol. The van der Waals surface area contributed by atoms with Gasteiger partial charge in [0, 0.05) is 12.1 Å². The maximum Gasteiger partial charge on any atom is 0.140 e. The number of hydrogen-bond donors (Lipinski definition) is 1. The van der Waals surface area contributed by atoms with Crippen molar-refractivity contribution in [2.24, 2.45) is 5.73 Å². The van der Waals surface area contributed by atoms with Crippen molar-refractivity contribution < 1.29 is 4.74 Å². The molecule has 5 heteroatoms. The second-order valence-electron chi connectivity index (χ2n) is 5.20. The molecule has 1 aliphatic heterocycles. The van der Waals surface area contributed by atoms with Gasteiger partial charge in [-0.15, -0.1) is 10.2 Å². The van der Waals surface area contributed by atoms with Gasteiger partial charge in [0.2, 0.25) is 0 Å². The second kappa shape index (κ2) is 4.74. The van der Waals surface area contributed by atoms with Crippen LogP contribution in [-0.2, 0) is 4.74 Å². The lowest BCUT2D eigenvalue weighted by Gasteiger charge is -2.25. The first-order valence-corrected chi connectivity index (χ1v) is 6.59. The maximum atomic E-state index is 6.06. The summed E-state index contributed by atoms with van der Waals surface area (Å²) in [4.78, 5) is 0. The summed E-state index contributed by atoms with van der Waals surface area (Å²) in [6.07, 6.45) is 8.35. The largest absolute Gasteiger partial charge is 0.379 e. The van der Waals surface area contributed by atoms with E-state index in [1.54, 1.807) is 0 Å². The molecule has 2 aliphatic rings. The maximum absolute atomic E-state index is 6.06. The van der Waals surface area contributed by atoms with Crippen LogP contribution in [-0.4, -0.2) is 34.0 Å². The van der Waals surface area contributed by atoms with Gasteiger partial charge in [-0.3, -0.25) is 0 Å². The molecular weight excluding hydrogens is 216 g/mol. The fourth-order valence-electron chi connectivity index (χ4n) is 2.99. The van der Waals surface area contributed by atoms with Crippen LogP contribution in [0.15, 0.2) is 6.33 Å². The molecule has 0 radical (unpaired) electrons. The third-order valence-corrected chi connectivity index (χ3v) is 4.03. The fraction of sp³-hybridized carbons (Fsp3) is 0.833. The van der Waals surface area contributed by atoms with Crippen LogP contribution in [0.3, 0.4) is 0 Å². The Balaban J connectivity index is 1.82. The first kappa shape index (κ1) is 11.2. The van der Waals surface area contributed by atoms with Crippen LogP contribution in [0.2, 0.25) is 0 Å². The van der Waals surface area contributed by atoms with Gasteiger partial charge in [-0.05, 0) is 12.8 Å². The Morgan fingerprint density at radius 3 is 2.76 bits per heavy atom. The molecule has 0 spiro atoms. The molecule has 5 nitrogen and oxygen atoms in total. The molecule has 1 saturated heterocycles. The number of rotatable bonds is 2. The lowest BCUT2D eigenvalue weighted by Crippen LogP contribution is -2.30. The minimum atomic E-state index is 0.0709. The fourth-order valence-corrected chi connectivity index (χ4v) is 2.99. The van der Waals surface area contributed by atoms with E-state index in [-0.39, 0.29) is 12.0 Å². The average Bonchev–Trinajstić information content (AvgIpc) is 2.98. The number of aromatic nitrogens is 3. The molecule has 0 aromatic carbocycles. The van der Waals surface area contributed by atoms with E-state index >= 15 is 0 Å². The standard InChI is InChI=1S/C12H20N4O/c13-11-7-17-6-10(11)12-15-14-8-16(12)9-4-2-1-3-5-9/h8-11H,1-7,13H2. The highest BCUT2D eigenvalue weighted by atomic mass is 16.5. The summed E-state index contributed by atoms with van der Waals surface area (Å²) in [6.45, 7) is 1.33. The van der Waals surface area contributed by atoms with Crippen LogP contribution >= 0.6 is 0 Å². The molecule has 0 amide bonds. The highest BCUT2D eigenvalue weighted by molar-refractivity contribution is 5.05. The normalized spacial score (nSPS) is 30.9. The summed E-state index contributed by atoms with van der Waals surface area (Å²) in [5.74, 6) is 1.25. The molecule has 0 bridgehead atoms. The molecule has 2 atom stereocenters. The molecule has 1 aromatic rings. The van der Waals surface area contributed by atoms with Crippen LogP contribution in [0.4, 0.5) is 0 Å². The van der Waals surface area contributed by atoms with Gasteiger partial charge in [-0.25, -0.2) is 0 Å². The number of nitrogens with zero attached hydrogens (tertiary/aromatic N) is 3. The van der Waals surface area contributed by atoms with Gasteiger partial charge in [-0.2, -0.15) is 0 Å². The minimum Gasteiger partial charge on any atom is -0.379 e. The van der Waals surface area contributed by atoms with E-state index in [0.29, 0.717) is 19.3 Å². The summed E-state index contributed by atoms with van der Waals surface area (Å²) in [6, 6.07) is 0.642. The number of hydrogen-bond acceptors (Lipinski definition) is 4. The van der Waals surface area contributed by atoms with E-state index in [4.69, 9.17) is 10.5 Å². The summed E-state index contributed by atoms with van der Waals surface area (Å²) in [7, 11) is 0. The van der Waals surface area contributed by atoms with Gasteiger partial charge in [0.1, 0.15) is 12.2 Å². The molecular formula is C12H20N4O. The summed E-state index contributed by atoms with van der Waals surface area (Å²) < 4.78 is 7.68. The summed E-state index contributed by atoms with van der Waals surface area (Å²) in [5, 5.41) is 8.35. The molecule has 2 N–H and O–H groups in total. The molecule has 2 heterocycles. The van der Waals surface area contributed by atoms with E-state index in [0.717, 1.165) is 5.82 Å². The Labute approximate surface area is 101 Å². The van der Waals surface area contributed by atoms with E-state index in [1.165, 1.54) is 32.1 Å². The molecule has 1 aromatic heterocycles. The van der Waals surface area contributed by atoms with Crippen LogP contribution in [0.5, 0.6) is 0 Å². The Morgan fingerprint density at radius 2 is 2.06 bits per heavy atom. The van der Waals surface area contributed by atoms with Crippen molar-refractivity contribution in [1.29, 1.82) is 0 Å². The predicted octanol–water partition coefficient (Wildman–Crippen LogP) is 1.22. The number of nitrogens with two attached hydrogens (primary N) is 1. The average molecular weight is 236 g/mol. The molecule has 2 fully saturated rings. The van der Waals surface area contributed by atoms with Crippen LogP contribution in [0.25, 0.3) is 0 Å². The third-order valence-electron chi connectivity index (χ3n) is 4.03. The zero-order valence-electron chi connectivity index (χ0n) is 10.1. The van der Waals surface area contributed by atoms with Crippen molar-refractivity contribution in [2.75, 3.05) is 13.2 Å². The molecule has 17 heavy (non-hydrogen) atoms.